The SMILES string of the molecule is Cc1nc2c(cc(-c3nc(N4CCN(C5CCOCC5)CC4)no3)n2C)c(-c2cc(F)c3c(c2C)CCCO3)c1CC(=O)OCC(C)(C)O. The molecule has 49 heavy (non-hydrogen) atoms. The molecule has 3 aliphatic rings. The number of fused-ring (bicyclic) bond motifs is 2. The molecule has 262 valence electrons. The Morgan fingerprint density at radius 2 is 1.86 bits per heavy atom. The summed E-state index contributed by atoms with van der Waals surface area (Å²) in [6.45, 7) is 12.4. The molecule has 0 radical (unpaired) electrons. The van der Waals surface area contributed by atoms with Crippen LogP contribution in [-0.4, -0.2) is 99.9 Å². The Hall–Kier alpha value is -4.07. The van der Waals surface area contributed by atoms with E-state index in [9.17, 15) is 9.90 Å². The van der Waals surface area contributed by atoms with Crippen LogP contribution >= 0.6 is 0 Å². The molecule has 0 amide bonds. The highest BCUT2D eigenvalue weighted by atomic mass is 19.1. The molecule has 0 spiro atoms. The first-order valence-corrected chi connectivity index (χ1v) is 17.2. The molecule has 12 nitrogen and oxygen atoms in total. The topological polar surface area (TPSA) is 128 Å². The number of anilines is 1. The van der Waals surface area contributed by atoms with E-state index < -0.39 is 17.4 Å². The summed E-state index contributed by atoms with van der Waals surface area (Å²) in [7, 11) is 1.88. The maximum absolute atomic E-state index is 15.7. The van der Waals surface area contributed by atoms with Gasteiger partial charge in [0.25, 0.3) is 11.8 Å². The number of benzene rings is 1. The molecule has 0 unspecified atom stereocenters. The van der Waals surface area contributed by atoms with Crippen LogP contribution in [0.15, 0.2) is 16.7 Å². The Bertz CT molecular complexity index is 1870. The number of rotatable bonds is 8. The number of hydrogen-bond acceptors (Lipinski definition) is 11. The Kier molecular flexibility index (Phi) is 9.09. The molecule has 3 aliphatic heterocycles. The van der Waals surface area contributed by atoms with E-state index in [1.807, 2.05) is 31.5 Å². The molecule has 2 fully saturated rings. The van der Waals surface area contributed by atoms with Crippen molar-refractivity contribution in [3.05, 3.63) is 40.3 Å². The molecule has 4 aromatic rings. The van der Waals surface area contributed by atoms with Crippen molar-refractivity contribution < 1.29 is 33.0 Å². The standard InChI is InChI=1S/C36H45FN6O6/c1-21-24-7-6-14-47-32(24)28(37)17-25(21)31-26(19-30(44)48-20-36(3,4)45)22(2)38-33-27(31)18-29(41(33)5)34-39-35(40-49-34)43-12-10-42(11-13-43)23-8-15-46-16-9-23/h17-18,23,45H,6-16,19-20H2,1-5H3. The van der Waals surface area contributed by atoms with Crippen molar-refractivity contribution in [1.82, 2.24) is 24.6 Å². The second-order valence-corrected chi connectivity index (χ2v) is 14.1. The highest BCUT2D eigenvalue weighted by Crippen LogP contribution is 2.43. The van der Waals surface area contributed by atoms with Crippen molar-refractivity contribution >= 4 is 23.0 Å². The number of ether oxygens (including phenoxy) is 3. The van der Waals surface area contributed by atoms with Crippen LogP contribution in [0.25, 0.3) is 33.7 Å². The monoisotopic (exact) mass is 676 g/mol. The van der Waals surface area contributed by atoms with Crippen molar-refractivity contribution in [2.24, 2.45) is 7.05 Å². The summed E-state index contributed by atoms with van der Waals surface area (Å²) < 4.78 is 40.2. The number of aliphatic hydroxyl groups is 1. The molecular weight excluding hydrogens is 631 g/mol. The van der Waals surface area contributed by atoms with E-state index in [2.05, 4.69) is 15.0 Å². The third-order valence-electron chi connectivity index (χ3n) is 10.0. The van der Waals surface area contributed by atoms with Crippen LogP contribution in [0.4, 0.5) is 10.3 Å². The molecule has 0 atom stereocenters. The van der Waals surface area contributed by atoms with Gasteiger partial charge in [-0.15, -0.1) is 0 Å². The van der Waals surface area contributed by atoms with Gasteiger partial charge in [0.05, 0.1) is 18.6 Å². The minimum atomic E-state index is -1.18. The number of nitrogens with zero attached hydrogens (tertiary/aromatic N) is 6. The van der Waals surface area contributed by atoms with E-state index in [1.54, 1.807) is 13.8 Å². The molecule has 1 N–H and O–H groups in total. The van der Waals surface area contributed by atoms with Crippen molar-refractivity contribution in [2.75, 3.05) is 57.5 Å². The van der Waals surface area contributed by atoms with Crippen LogP contribution in [0, 0.1) is 19.7 Å². The first kappa shape index (κ1) is 33.4. The maximum Gasteiger partial charge on any atom is 0.310 e. The van der Waals surface area contributed by atoms with E-state index in [0.29, 0.717) is 70.4 Å². The van der Waals surface area contributed by atoms with Gasteiger partial charge in [-0.3, -0.25) is 9.69 Å². The Morgan fingerprint density at radius 1 is 1.10 bits per heavy atom. The van der Waals surface area contributed by atoms with Gasteiger partial charge in [-0.05, 0) is 92.9 Å². The van der Waals surface area contributed by atoms with Crippen LogP contribution < -0.4 is 9.64 Å². The van der Waals surface area contributed by atoms with Gasteiger partial charge < -0.3 is 33.3 Å². The lowest BCUT2D eigenvalue weighted by Gasteiger charge is -2.40. The summed E-state index contributed by atoms with van der Waals surface area (Å²) in [5.74, 6) is 0.226. The smallest absolute Gasteiger partial charge is 0.310 e. The van der Waals surface area contributed by atoms with Crippen molar-refractivity contribution in [3.63, 3.8) is 0 Å². The van der Waals surface area contributed by atoms with Crippen molar-refractivity contribution in [2.45, 2.75) is 71.4 Å². The Labute approximate surface area is 285 Å². The van der Waals surface area contributed by atoms with Gasteiger partial charge in [0.15, 0.2) is 11.6 Å². The lowest BCUT2D eigenvalue weighted by Crippen LogP contribution is -2.51. The molecule has 0 bridgehead atoms. The number of carbonyl (C=O) groups is 1. The largest absolute Gasteiger partial charge is 0.490 e. The average molecular weight is 677 g/mol. The predicted octanol–water partition coefficient (Wildman–Crippen LogP) is 4.53. The molecule has 7 rings (SSSR count). The Balaban J connectivity index is 1.26. The fraction of sp³-hybridized carbons (Fsp3) is 0.556. The zero-order valence-electron chi connectivity index (χ0n) is 29.0. The van der Waals surface area contributed by atoms with Gasteiger partial charge in [-0.25, -0.2) is 9.37 Å². The number of halogens is 1. The zero-order valence-corrected chi connectivity index (χ0v) is 29.0. The van der Waals surface area contributed by atoms with Gasteiger partial charge >= 0.3 is 5.97 Å². The van der Waals surface area contributed by atoms with E-state index >= 15 is 4.39 Å². The zero-order chi connectivity index (χ0) is 34.4. The fourth-order valence-corrected chi connectivity index (χ4v) is 7.37. The molecule has 0 saturated carbocycles. The normalized spacial score (nSPS) is 17.7. The van der Waals surface area contributed by atoms with E-state index in [1.165, 1.54) is 6.07 Å². The summed E-state index contributed by atoms with van der Waals surface area (Å²) in [6, 6.07) is 3.98. The number of esters is 1. The van der Waals surface area contributed by atoms with Gasteiger partial charge in [0.2, 0.25) is 0 Å². The van der Waals surface area contributed by atoms with Crippen molar-refractivity contribution in [1.29, 1.82) is 0 Å². The third-order valence-corrected chi connectivity index (χ3v) is 10.0. The van der Waals surface area contributed by atoms with Gasteiger partial charge in [-0.2, -0.15) is 4.98 Å². The molecular formula is C36H45FN6O6. The van der Waals surface area contributed by atoms with Crippen LogP contribution in [0.3, 0.4) is 0 Å². The average Bonchev–Trinajstić information content (AvgIpc) is 3.71. The molecule has 2 saturated heterocycles. The lowest BCUT2D eigenvalue weighted by molar-refractivity contribution is -0.149. The number of aromatic nitrogens is 4. The van der Waals surface area contributed by atoms with Gasteiger partial charge in [-0.1, -0.05) is 0 Å². The maximum atomic E-state index is 15.7. The molecule has 3 aromatic heterocycles. The third kappa shape index (κ3) is 6.63. The summed E-state index contributed by atoms with van der Waals surface area (Å²) in [4.78, 5) is 27.6. The first-order chi connectivity index (χ1) is 23.5. The number of carbonyl (C=O) groups excluding carboxylic acids is 1. The quantitative estimate of drug-likeness (QED) is 0.265. The van der Waals surface area contributed by atoms with Crippen LogP contribution in [0.1, 0.15) is 55.5 Å². The minimum Gasteiger partial charge on any atom is -0.490 e. The molecule has 6 heterocycles. The summed E-state index contributed by atoms with van der Waals surface area (Å²) in [5, 5.41) is 15.2. The van der Waals surface area contributed by atoms with E-state index in [4.69, 9.17) is 28.7 Å². The molecule has 13 heteroatoms. The number of aryl methyl sites for hydroxylation is 2. The van der Waals surface area contributed by atoms with Crippen LogP contribution in [-0.2, 0) is 34.2 Å². The fourth-order valence-electron chi connectivity index (χ4n) is 7.37. The molecule has 0 aliphatic carbocycles. The van der Waals surface area contributed by atoms with Crippen LogP contribution in [0.5, 0.6) is 5.75 Å². The van der Waals surface area contributed by atoms with E-state index in [-0.39, 0.29) is 13.0 Å². The second-order valence-electron chi connectivity index (χ2n) is 14.1. The summed E-state index contributed by atoms with van der Waals surface area (Å²) >= 11 is 0. The second kappa shape index (κ2) is 13.3. The summed E-state index contributed by atoms with van der Waals surface area (Å²) in [5.41, 5.74) is 4.42. The first-order valence-electron chi connectivity index (χ1n) is 17.2. The highest BCUT2D eigenvalue weighted by molar-refractivity contribution is 6.00. The summed E-state index contributed by atoms with van der Waals surface area (Å²) in [6.07, 6.45) is 3.51. The number of pyridine rings is 1. The predicted molar refractivity (Wildman–Crippen MR) is 181 cm³/mol. The number of hydrogen-bond donors (Lipinski definition) is 1. The molecule has 1 aromatic carbocycles. The van der Waals surface area contributed by atoms with Gasteiger partial charge in [0, 0.05) is 69.1 Å². The van der Waals surface area contributed by atoms with Gasteiger partial charge in [0.1, 0.15) is 17.9 Å². The highest BCUT2D eigenvalue weighted by Gasteiger charge is 2.30. The minimum absolute atomic E-state index is 0.108. The number of piperazine rings is 1. The Morgan fingerprint density at radius 3 is 2.59 bits per heavy atom. The lowest BCUT2D eigenvalue weighted by atomic mass is 9.87. The van der Waals surface area contributed by atoms with Crippen molar-refractivity contribution in [3.8, 4) is 28.5 Å². The van der Waals surface area contributed by atoms with Crippen LogP contribution in [0.2, 0.25) is 0 Å². The van der Waals surface area contributed by atoms with E-state index in [0.717, 1.165) is 75.2 Å².